The number of hydrogen-bond acceptors (Lipinski definition) is 5. The number of aromatic nitrogens is 1. The van der Waals surface area contributed by atoms with E-state index in [1.54, 1.807) is 6.07 Å². The van der Waals surface area contributed by atoms with Gasteiger partial charge in [-0.05, 0) is 61.9 Å². The molecule has 2 aliphatic rings. The highest BCUT2D eigenvalue weighted by molar-refractivity contribution is 5.83. The third-order valence-corrected chi connectivity index (χ3v) is 6.13. The van der Waals surface area contributed by atoms with Gasteiger partial charge in [0, 0.05) is 55.6 Å². The highest BCUT2D eigenvalue weighted by Crippen LogP contribution is 2.27. The van der Waals surface area contributed by atoms with Gasteiger partial charge in [0.05, 0.1) is 6.20 Å². The van der Waals surface area contributed by atoms with Crippen LogP contribution in [0.15, 0.2) is 36.5 Å². The minimum absolute atomic E-state index is 0.0340. The van der Waals surface area contributed by atoms with Crippen LogP contribution in [0.4, 0.5) is 10.1 Å². The zero-order chi connectivity index (χ0) is 20.8. The van der Waals surface area contributed by atoms with E-state index in [-0.39, 0.29) is 23.9 Å². The number of rotatable bonds is 7. The van der Waals surface area contributed by atoms with Gasteiger partial charge in [0.15, 0.2) is 0 Å². The molecular formula is C24H30FN3O2. The molecule has 1 atom stereocenters. The number of nitrogens with zero attached hydrogens (tertiary/aromatic N) is 1. The fraction of sp³-hybridized carbons (Fsp3) is 0.500. The zero-order valence-corrected chi connectivity index (χ0v) is 17.3. The smallest absolute Gasteiger partial charge is 0.149 e. The number of ether oxygens (including phenoxy) is 1. The molecule has 2 aromatic rings. The van der Waals surface area contributed by atoms with Crippen molar-refractivity contribution in [1.29, 1.82) is 0 Å². The number of piperidine rings is 1. The summed E-state index contributed by atoms with van der Waals surface area (Å²) in [5.41, 5.74) is 2.88. The van der Waals surface area contributed by atoms with Gasteiger partial charge in [-0.25, -0.2) is 4.39 Å². The third kappa shape index (κ3) is 5.43. The van der Waals surface area contributed by atoms with E-state index in [9.17, 15) is 9.18 Å². The Morgan fingerprint density at radius 1 is 1.23 bits per heavy atom. The van der Waals surface area contributed by atoms with Crippen LogP contribution in [-0.2, 0) is 16.0 Å². The second-order valence-corrected chi connectivity index (χ2v) is 8.36. The van der Waals surface area contributed by atoms with Gasteiger partial charge in [-0.3, -0.25) is 9.78 Å². The lowest BCUT2D eigenvalue weighted by Crippen LogP contribution is -2.35. The van der Waals surface area contributed by atoms with E-state index in [0.717, 1.165) is 69.8 Å². The molecule has 5 nitrogen and oxygen atoms in total. The van der Waals surface area contributed by atoms with Crippen LogP contribution in [0.2, 0.25) is 0 Å². The second-order valence-electron chi connectivity index (χ2n) is 8.36. The molecule has 2 aliphatic heterocycles. The van der Waals surface area contributed by atoms with Gasteiger partial charge in [0.1, 0.15) is 11.6 Å². The summed E-state index contributed by atoms with van der Waals surface area (Å²) >= 11 is 0. The number of benzene rings is 1. The topological polar surface area (TPSA) is 63.2 Å². The molecule has 0 saturated carbocycles. The first kappa shape index (κ1) is 20.9. The Labute approximate surface area is 177 Å². The van der Waals surface area contributed by atoms with Crippen LogP contribution in [-0.4, -0.2) is 43.6 Å². The Hall–Kier alpha value is -2.31. The van der Waals surface area contributed by atoms with Crippen molar-refractivity contribution in [3.05, 3.63) is 48.0 Å². The number of carbonyl (C=O) groups is 1. The van der Waals surface area contributed by atoms with Crippen LogP contribution in [0.3, 0.4) is 0 Å². The van der Waals surface area contributed by atoms with Crippen molar-refractivity contribution < 1.29 is 13.9 Å². The SMILES string of the molecule is O=C(Cc1cc(-c2cccc(NCC3CCOCC3)c2)c(F)cn1)[C@@H]1CCCNC1. The monoisotopic (exact) mass is 411 g/mol. The van der Waals surface area contributed by atoms with E-state index >= 15 is 0 Å². The van der Waals surface area contributed by atoms with Crippen molar-refractivity contribution in [1.82, 2.24) is 10.3 Å². The Balaban J connectivity index is 1.45. The average Bonchev–Trinajstić information content (AvgIpc) is 2.80. The fourth-order valence-electron chi connectivity index (χ4n) is 4.26. The van der Waals surface area contributed by atoms with Gasteiger partial charge in [-0.15, -0.1) is 0 Å². The average molecular weight is 412 g/mol. The molecule has 30 heavy (non-hydrogen) atoms. The number of hydrogen-bond donors (Lipinski definition) is 2. The van der Waals surface area contributed by atoms with Crippen LogP contribution in [0.1, 0.15) is 31.4 Å². The number of Topliss-reactive ketones (excluding diaryl/α,β-unsaturated/α-hetero) is 1. The van der Waals surface area contributed by atoms with Crippen molar-refractivity contribution in [3.63, 3.8) is 0 Å². The van der Waals surface area contributed by atoms with Crippen LogP contribution < -0.4 is 10.6 Å². The van der Waals surface area contributed by atoms with Crippen molar-refractivity contribution in [3.8, 4) is 11.1 Å². The first-order valence-electron chi connectivity index (χ1n) is 11.0. The van der Waals surface area contributed by atoms with Crippen LogP contribution in [0.25, 0.3) is 11.1 Å². The number of nitrogens with one attached hydrogen (secondary N) is 2. The third-order valence-electron chi connectivity index (χ3n) is 6.13. The molecule has 1 aromatic carbocycles. The standard InChI is InChI=1S/C24H30FN3O2/c25-23-16-28-21(13-24(29)19-4-2-8-26-15-19)12-22(23)18-3-1-5-20(11-18)27-14-17-6-9-30-10-7-17/h1,3,5,11-12,16-17,19,26-27H,2,4,6-10,13-15H2/t19-/m1/s1. The molecule has 2 N–H and O–H groups in total. The van der Waals surface area contributed by atoms with Crippen LogP contribution >= 0.6 is 0 Å². The van der Waals surface area contributed by atoms with E-state index in [2.05, 4.69) is 15.6 Å². The normalized spacial score (nSPS) is 20.1. The highest BCUT2D eigenvalue weighted by atomic mass is 19.1. The summed E-state index contributed by atoms with van der Waals surface area (Å²) in [5.74, 6) is 0.449. The highest BCUT2D eigenvalue weighted by Gasteiger charge is 2.22. The second kappa shape index (κ2) is 10.1. The van der Waals surface area contributed by atoms with Gasteiger partial charge >= 0.3 is 0 Å². The van der Waals surface area contributed by atoms with E-state index < -0.39 is 0 Å². The van der Waals surface area contributed by atoms with Crippen LogP contribution in [0, 0.1) is 17.7 Å². The first-order chi connectivity index (χ1) is 14.7. The summed E-state index contributed by atoms with van der Waals surface area (Å²) in [6, 6.07) is 9.52. The molecule has 2 fully saturated rings. The minimum Gasteiger partial charge on any atom is -0.385 e. The van der Waals surface area contributed by atoms with Gasteiger partial charge < -0.3 is 15.4 Å². The molecule has 2 saturated heterocycles. The van der Waals surface area contributed by atoms with Gasteiger partial charge in [0.25, 0.3) is 0 Å². The molecule has 4 rings (SSSR count). The van der Waals surface area contributed by atoms with Gasteiger partial charge in [-0.1, -0.05) is 12.1 Å². The Kier molecular flexibility index (Phi) is 7.07. The maximum atomic E-state index is 14.6. The van der Waals surface area contributed by atoms with E-state index in [1.807, 2.05) is 24.3 Å². The van der Waals surface area contributed by atoms with Crippen molar-refractivity contribution >= 4 is 11.5 Å². The predicted octanol–water partition coefficient (Wildman–Crippen LogP) is 3.84. The maximum absolute atomic E-state index is 14.6. The Bertz CT molecular complexity index is 861. The maximum Gasteiger partial charge on any atom is 0.149 e. The number of pyridine rings is 1. The summed E-state index contributed by atoms with van der Waals surface area (Å²) < 4.78 is 20.0. The van der Waals surface area contributed by atoms with Crippen LogP contribution in [0.5, 0.6) is 0 Å². The quantitative estimate of drug-likeness (QED) is 0.725. The van der Waals surface area contributed by atoms with Crippen molar-refractivity contribution in [2.45, 2.75) is 32.1 Å². The van der Waals surface area contributed by atoms with Crippen molar-refractivity contribution in [2.24, 2.45) is 11.8 Å². The molecule has 0 radical (unpaired) electrons. The van der Waals surface area contributed by atoms with Crippen molar-refractivity contribution in [2.75, 3.05) is 38.2 Å². The molecule has 0 unspecified atom stereocenters. The molecule has 0 amide bonds. The zero-order valence-electron chi connectivity index (χ0n) is 17.3. The van der Waals surface area contributed by atoms with E-state index in [0.29, 0.717) is 17.2 Å². The molecule has 3 heterocycles. The number of carbonyl (C=O) groups excluding carboxylic acids is 1. The molecule has 0 aliphatic carbocycles. The minimum atomic E-state index is -0.368. The van der Waals surface area contributed by atoms with Gasteiger partial charge in [-0.2, -0.15) is 0 Å². The number of ketones is 1. The largest absolute Gasteiger partial charge is 0.385 e. The summed E-state index contributed by atoms with van der Waals surface area (Å²) in [6.45, 7) is 4.25. The first-order valence-corrected chi connectivity index (χ1v) is 11.0. The molecule has 1 aromatic heterocycles. The Morgan fingerprint density at radius 3 is 2.90 bits per heavy atom. The van der Waals surface area contributed by atoms with E-state index in [4.69, 9.17) is 4.74 Å². The molecule has 6 heteroatoms. The van der Waals surface area contributed by atoms with Gasteiger partial charge in [0.2, 0.25) is 0 Å². The number of halogens is 1. The molecule has 0 spiro atoms. The molecule has 0 bridgehead atoms. The summed E-state index contributed by atoms with van der Waals surface area (Å²) in [6.07, 6.45) is 5.56. The summed E-state index contributed by atoms with van der Waals surface area (Å²) in [4.78, 5) is 16.8. The van der Waals surface area contributed by atoms with E-state index in [1.165, 1.54) is 6.20 Å². The lowest BCUT2D eigenvalue weighted by atomic mass is 9.92. The lowest BCUT2D eigenvalue weighted by Gasteiger charge is -2.22. The number of anilines is 1. The Morgan fingerprint density at radius 2 is 2.10 bits per heavy atom. The summed E-state index contributed by atoms with van der Waals surface area (Å²) in [5, 5.41) is 6.75. The molecular weight excluding hydrogens is 381 g/mol. The fourth-order valence-corrected chi connectivity index (χ4v) is 4.26. The predicted molar refractivity (Wildman–Crippen MR) is 116 cm³/mol. The lowest BCUT2D eigenvalue weighted by molar-refractivity contribution is -0.122. The summed E-state index contributed by atoms with van der Waals surface area (Å²) in [7, 11) is 0. The molecule has 160 valence electrons.